The van der Waals surface area contributed by atoms with Crippen LogP contribution in [0.5, 0.6) is 0 Å². The Morgan fingerprint density at radius 1 is 0.875 bits per heavy atom. The largest absolute Gasteiger partial charge is 0.327 e. The highest BCUT2D eigenvalue weighted by Crippen LogP contribution is 2.12. The molecule has 0 radical (unpaired) electrons. The van der Waals surface area contributed by atoms with Crippen molar-refractivity contribution < 1.29 is 0 Å². The lowest BCUT2D eigenvalue weighted by atomic mass is 9.95. The molecule has 1 atom stereocenters. The predicted octanol–water partition coefficient (Wildman–Crippen LogP) is 3.41. The molecule has 1 heteroatoms. The fourth-order valence-electron chi connectivity index (χ4n) is 1.79. The first kappa shape index (κ1) is 13.2. The van der Waals surface area contributed by atoms with Crippen LogP contribution in [-0.4, -0.2) is 6.04 Å². The third-order valence-electron chi connectivity index (χ3n) is 2.99. The Kier molecular flexibility index (Phi) is 5.01. The van der Waals surface area contributed by atoms with Gasteiger partial charge in [-0.3, -0.25) is 0 Å². The van der Waals surface area contributed by atoms with Gasteiger partial charge < -0.3 is 5.73 Å². The zero-order chi connectivity index (χ0) is 12.1. The average molecular weight is 219 g/mol. The standard InChI is InChI=1S/C15H25N/c1-11(2)9-13-5-7-14(8-6-13)10-15(16)12(3)4/h5-8,11-12,15H,9-10,16H2,1-4H3. The lowest BCUT2D eigenvalue weighted by Gasteiger charge is -2.15. The molecule has 0 amide bonds. The molecule has 1 unspecified atom stereocenters. The number of hydrogen-bond donors (Lipinski definition) is 1. The fourth-order valence-corrected chi connectivity index (χ4v) is 1.79. The van der Waals surface area contributed by atoms with Crippen molar-refractivity contribution in [2.24, 2.45) is 17.6 Å². The van der Waals surface area contributed by atoms with Gasteiger partial charge in [0.2, 0.25) is 0 Å². The molecular weight excluding hydrogens is 194 g/mol. The number of hydrogen-bond acceptors (Lipinski definition) is 1. The summed E-state index contributed by atoms with van der Waals surface area (Å²) in [5.41, 5.74) is 8.85. The second kappa shape index (κ2) is 6.05. The predicted molar refractivity (Wildman–Crippen MR) is 71.5 cm³/mol. The molecule has 0 saturated heterocycles. The molecule has 16 heavy (non-hydrogen) atoms. The van der Waals surface area contributed by atoms with Crippen molar-refractivity contribution in [2.75, 3.05) is 0 Å². The normalized spacial score (nSPS) is 13.4. The molecule has 0 aliphatic heterocycles. The fraction of sp³-hybridized carbons (Fsp3) is 0.600. The third-order valence-corrected chi connectivity index (χ3v) is 2.99. The molecule has 90 valence electrons. The SMILES string of the molecule is CC(C)Cc1ccc(CC(N)C(C)C)cc1. The van der Waals surface area contributed by atoms with Crippen LogP contribution >= 0.6 is 0 Å². The lowest BCUT2D eigenvalue weighted by molar-refractivity contribution is 0.490. The Morgan fingerprint density at radius 2 is 1.31 bits per heavy atom. The molecule has 0 heterocycles. The van der Waals surface area contributed by atoms with Gasteiger partial charge in [0.05, 0.1) is 0 Å². The summed E-state index contributed by atoms with van der Waals surface area (Å²) in [6.45, 7) is 8.86. The van der Waals surface area contributed by atoms with E-state index in [2.05, 4.69) is 52.0 Å². The maximum Gasteiger partial charge on any atom is 0.0102 e. The Hall–Kier alpha value is -0.820. The summed E-state index contributed by atoms with van der Waals surface area (Å²) < 4.78 is 0. The highest BCUT2D eigenvalue weighted by Gasteiger charge is 2.08. The Morgan fingerprint density at radius 3 is 1.69 bits per heavy atom. The maximum absolute atomic E-state index is 6.07. The second-order valence-electron chi connectivity index (χ2n) is 5.53. The van der Waals surface area contributed by atoms with Crippen molar-refractivity contribution in [1.82, 2.24) is 0 Å². The van der Waals surface area contributed by atoms with Crippen LogP contribution in [0.25, 0.3) is 0 Å². The van der Waals surface area contributed by atoms with Gasteiger partial charge in [0.15, 0.2) is 0 Å². The topological polar surface area (TPSA) is 26.0 Å². The molecule has 0 aliphatic carbocycles. The van der Waals surface area contributed by atoms with E-state index in [1.807, 2.05) is 0 Å². The van der Waals surface area contributed by atoms with Crippen molar-refractivity contribution >= 4 is 0 Å². The molecule has 1 aromatic rings. The first-order chi connectivity index (χ1) is 7.49. The zero-order valence-corrected chi connectivity index (χ0v) is 11.0. The summed E-state index contributed by atoms with van der Waals surface area (Å²) in [6.07, 6.45) is 2.15. The molecule has 1 aromatic carbocycles. The van der Waals surface area contributed by atoms with Gasteiger partial charge in [-0.05, 0) is 35.8 Å². The lowest BCUT2D eigenvalue weighted by Crippen LogP contribution is -2.28. The van der Waals surface area contributed by atoms with E-state index in [1.165, 1.54) is 11.1 Å². The minimum atomic E-state index is 0.274. The van der Waals surface area contributed by atoms with Gasteiger partial charge in [0.25, 0.3) is 0 Å². The number of rotatable bonds is 5. The Balaban J connectivity index is 2.57. The average Bonchev–Trinajstić information content (AvgIpc) is 2.20. The number of nitrogens with two attached hydrogens (primary N) is 1. The smallest absolute Gasteiger partial charge is 0.0102 e. The van der Waals surface area contributed by atoms with Crippen LogP contribution in [0.2, 0.25) is 0 Å². The molecule has 2 N–H and O–H groups in total. The van der Waals surface area contributed by atoms with E-state index in [0.29, 0.717) is 5.92 Å². The molecule has 0 fully saturated rings. The van der Waals surface area contributed by atoms with E-state index >= 15 is 0 Å². The molecule has 1 nitrogen and oxygen atoms in total. The summed E-state index contributed by atoms with van der Waals surface area (Å²) in [6, 6.07) is 9.20. The van der Waals surface area contributed by atoms with E-state index in [0.717, 1.165) is 18.8 Å². The maximum atomic E-state index is 6.07. The minimum Gasteiger partial charge on any atom is -0.327 e. The van der Waals surface area contributed by atoms with Crippen molar-refractivity contribution in [3.8, 4) is 0 Å². The quantitative estimate of drug-likeness (QED) is 0.807. The van der Waals surface area contributed by atoms with Crippen LogP contribution in [0, 0.1) is 11.8 Å². The van der Waals surface area contributed by atoms with Crippen LogP contribution in [0.15, 0.2) is 24.3 Å². The van der Waals surface area contributed by atoms with Gasteiger partial charge in [-0.2, -0.15) is 0 Å². The molecule has 0 bridgehead atoms. The summed E-state index contributed by atoms with van der Waals surface area (Å²) >= 11 is 0. The Labute approximate surface area is 100 Å². The molecule has 0 spiro atoms. The van der Waals surface area contributed by atoms with Crippen molar-refractivity contribution in [1.29, 1.82) is 0 Å². The van der Waals surface area contributed by atoms with Gasteiger partial charge >= 0.3 is 0 Å². The summed E-state index contributed by atoms with van der Waals surface area (Å²) in [5.74, 6) is 1.28. The van der Waals surface area contributed by atoms with Gasteiger partial charge in [-0.1, -0.05) is 52.0 Å². The second-order valence-corrected chi connectivity index (χ2v) is 5.53. The van der Waals surface area contributed by atoms with Gasteiger partial charge in [0.1, 0.15) is 0 Å². The van der Waals surface area contributed by atoms with Crippen molar-refractivity contribution in [3.63, 3.8) is 0 Å². The third kappa shape index (κ3) is 4.36. The first-order valence-electron chi connectivity index (χ1n) is 6.32. The molecule has 0 aliphatic rings. The van der Waals surface area contributed by atoms with Crippen LogP contribution in [0.3, 0.4) is 0 Å². The molecular formula is C15H25N. The van der Waals surface area contributed by atoms with E-state index < -0.39 is 0 Å². The molecule has 0 aromatic heterocycles. The number of benzene rings is 1. The van der Waals surface area contributed by atoms with E-state index in [-0.39, 0.29) is 6.04 Å². The van der Waals surface area contributed by atoms with Gasteiger partial charge in [-0.15, -0.1) is 0 Å². The van der Waals surface area contributed by atoms with Gasteiger partial charge in [0, 0.05) is 6.04 Å². The van der Waals surface area contributed by atoms with Crippen molar-refractivity contribution in [2.45, 2.75) is 46.6 Å². The zero-order valence-electron chi connectivity index (χ0n) is 11.0. The van der Waals surface area contributed by atoms with Crippen LogP contribution in [0.4, 0.5) is 0 Å². The van der Waals surface area contributed by atoms with E-state index in [1.54, 1.807) is 0 Å². The van der Waals surface area contributed by atoms with Gasteiger partial charge in [-0.25, -0.2) is 0 Å². The highest BCUT2D eigenvalue weighted by molar-refractivity contribution is 5.23. The first-order valence-corrected chi connectivity index (χ1v) is 6.32. The van der Waals surface area contributed by atoms with E-state index in [4.69, 9.17) is 5.73 Å². The van der Waals surface area contributed by atoms with Crippen LogP contribution in [0.1, 0.15) is 38.8 Å². The highest BCUT2D eigenvalue weighted by atomic mass is 14.6. The summed E-state index contributed by atoms with van der Waals surface area (Å²) in [4.78, 5) is 0. The Bertz CT molecular complexity index is 298. The molecule has 1 rings (SSSR count). The van der Waals surface area contributed by atoms with Crippen molar-refractivity contribution in [3.05, 3.63) is 35.4 Å². The summed E-state index contributed by atoms with van der Waals surface area (Å²) in [7, 11) is 0. The summed E-state index contributed by atoms with van der Waals surface area (Å²) in [5, 5.41) is 0. The van der Waals surface area contributed by atoms with E-state index in [9.17, 15) is 0 Å². The molecule has 0 saturated carbocycles. The van der Waals surface area contributed by atoms with Crippen LogP contribution in [-0.2, 0) is 12.8 Å². The minimum absolute atomic E-state index is 0.274. The van der Waals surface area contributed by atoms with Crippen LogP contribution < -0.4 is 5.73 Å². The monoisotopic (exact) mass is 219 g/mol.